The Morgan fingerprint density at radius 1 is 0.741 bits per heavy atom. The summed E-state index contributed by atoms with van der Waals surface area (Å²) in [5.74, 6) is 0. The number of benzene rings is 2. The van der Waals surface area contributed by atoms with Gasteiger partial charge in [-0.15, -0.1) is 0 Å². The fourth-order valence-corrected chi connectivity index (χ4v) is 3.58. The molecule has 3 nitrogen and oxygen atoms in total. The van der Waals surface area contributed by atoms with Crippen molar-refractivity contribution in [1.82, 2.24) is 9.97 Å². The molecule has 27 heavy (non-hydrogen) atoms. The second-order valence-electron chi connectivity index (χ2n) is 6.84. The lowest BCUT2D eigenvalue weighted by Gasteiger charge is -2.07. The Morgan fingerprint density at radius 3 is 2.41 bits per heavy atom. The molecule has 2 aromatic carbocycles. The van der Waals surface area contributed by atoms with Crippen molar-refractivity contribution in [2.24, 2.45) is 0 Å². The molecule has 3 heteroatoms. The predicted octanol–water partition coefficient (Wildman–Crippen LogP) is 6.33. The number of hydrogen-bond acceptors (Lipinski definition) is 3. The summed E-state index contributed by atoms with van der Waals surface area (Å²) in [5.41, 5.74) is 7.91. The van der Waals surface area contributed by atoms with Gasteiger partial charge in [0.05, 0.1) is 5.69 Å². The number of pyridine rings is 2. The van der Waals surface area contributed by atoms with E-state index in [1.807, 2.05) is 31.3 Å². The highest BCUT2D eigenvalue weighted by Crippen LogP contribution is 2.35. The van der Waals surface area contributed by atoms with E-state index < -0.39 is 0 Å². The van der Waals surface area contributed by atoms with Crippen molar-refractivity contribution in [2.45, 2.75) is 13.8 Å². The number of nitrogens with zero attached hydrogens (tertiary/aromatic N) is 2. The van der Waals surface area contributed by atoms with Gasteiger partial charge in [0.2, 0.25) is 5.71 Å². The molecule has 0 atom stereocenters. The van der Waals surface area contributed by atoms with Gasteiger partial charge in [0, 0.05) is 33.8 Å². The van der Waals surface area contributed by atoms with Gasteiger partial charge in [0.25, 0.3) is 0 Å². The van der Waals surface area contributed by atoms with Crippen LogP contribution in [0.3, 0.4) is 0 Å². The normalized spacial score (nSPS) is 11.3. The number of hydrogen-bond donors (Lipinski definition) is 0. The Bertz CT molecular complexity index is 1280. The van der Waals surface area contributed by atoms with E-state index in [-0.39, 0.29) is 0 Å². The van der Waals surface area contributed by atoms with Gasteiger partial charge >= 0.3 is 0 Å². The molecule has 3 heterocycles. The number of rotatable bonds is 2. The molecule has 5 rings (SSSR count). The number of aromatic nitrogens is 2. The van der Waals surface area contributed by atoms with Crippen LogP contribution in [0.2, 0.25) is 0 Å². The zero-order valence-corrected chi connectivity index (χ0v) is 15.2. The minimum atomic E-state index is 0.675. The first-order valence-electron chi connectivity index (χ1n) is 9.02. The minimum Gasteiger partial charge on any atom is -0.437 e. The molecule has 130 valence electrons. The van der Waals surface area contributed by atoms with Crippen molar-refractivity contribution >= 4 is 22.1 Å². The topological polar surface area (TPSA) is 38.9 Å². The van der Waals surface area contributed by atoms with Crippen molar-refractivity contribution in [3.63, 3.8) is 0 Å². The van der Waals surface area contributed by atoms with Crippen molar-refractivity contribution in [3.8, 4) is 22.4 Å². The van der Waals surface area contributed by atoms with E-state index >= 15 is 0 Å². The first-order chi connectivity index (χ1) is 13.2. The average molecular weight is 350 g/mol. The van der Waals surface area contributed by atoms with Gasteiger partial charge < -0.3 is 4.42 Å². The van der Waals surface area contributed by atoms with Crippen LogP contribution in [0.15, 0.2) is 77.3 Å². The summed E-state index contributed by atoms with van der Waals surface area (Å²) in [7, 11) is 0. The van der Waals surface area contributed by atoms with E-state index in [0.717, 1.165) is 38.9 Å². The van der Waals surface area contributed by atoms with Crippen molar-refractivity contribution in [2.75, 3.05) is 0 Å². The number of aryl methyl sites for hydroxylation is 2. The van der Waals surface area contributed by atoms with Gasteiger partial charge in [-0.25, -0.2) is 4.98 Å². The van der Waals surface area contributed by atoms with Gasteiger partial charge in [0.1, 0.15) is 5.58 Å². The third kappa shape index (κ3) is 2.59. The molecule has 3 aromatic heterocycles. The summed E-state index contributed by atoms with van der Waals surface area (Å²) in [4.78, 5) is 9.25. The van der Waals surface area contributed by atoms with Gasteiger partial charge in [-0.1, -0.05) is 42.5 Å². The van der Waals surface area contributed by atoms with E-state index in [1.165, 1.54) is 11.1 Å². The smallest absolute Gasteiger partial charge is 0.227 e. The van der Waals surface area contributed by atoms with Crippen molar-refractivity contribution in [3.05, 3.63) is 84.2 Å². The summed E-state index contributed by atoms with van der Waals surface area (Å²) in [6.07, 6.45) is 1.93. The third-order valence-electron chi connectivity index (χ3n) is 5.00. The highest BCUT2D eigenvalue weighted by molar-refractivity contribution is 6.08. The standard InChI is InChI=1S/C24H18N2O/c1-15-6-3-4-7-18(15)17-11-13-22(25-14-17)21-9-5-8-19-20-12-10-16(2)26-24(20)27-23(19)21/h3-14H,1-2H3. The predicted molar refractivity (Wildman–Crippen MR) is 110 cm³/mol. The van der Waals surface area contributed by atoms with Gasteiger partial charge in [0.15, 0.2) is 0 Å². The Morgan fingerprint density at radius 2 is 1.59 bits per heavy atom. The third-order valence-corrected chi connectivity index (χ3v) is 5.00. The molecular formula is C24H18N2O. The highest BCUT2D eigenvalue weighted by Gasteiger charge is 2.14. The van der Waals surface area contributed by atoms with Crippen LogP contribution < -0.4 is 0 Å². The largest absolute Gasteiger partial charge is 0.437 e. The lowest BCUT2D eigenvalue weighted by Crippen LogP contribution is -1.87. The molecule has 0 aliphatic carbocycles. The average Bonchev–Trinajstić information content (AvgIpc) is 3.06. The number of fused-ring (bicyclic) bond motifs is 3. The van der Waals surface area contributed by atoms with Crippen LogP contribution in [-0.4, -0.2) is 9.97 Å². The molecule has 0 saturated carbocycles. The first-order valence-corrected chi connectivity index (χ1v) is 9.02. The van der Waals surface area contributed by atoms with E-state index in [2.05, 4.69) is 60.4 Å². The fourth-order valence-electron chi connectivity index (χ4n) is 3.58. The second kappa shape index (κ2) is 6.06. The molecule has 0 fully saturated rings. The summed E-state index contributed by atoms with van der Waals surface area (Å²) in [6, 6.07) is 22.8. The summed E-state index contributed by atoms with van der Waals surface area (Å²) in [6.45, 7) is 4.09. The van der Waals surface area contributed by atoms with Crippen LogP contribution in [0.4, 0.5) is 0 Å². The Kier molecular flexibility index (Phi) is 3.54. The van der Waals surface area contributed by atoms with Crippen LogP contribution in [-0.2, 0) is 0 Å². The van der Waals surface area contributed by atoms with Crippen molar-refractivity contribution < 1.29 is 4.42 Å². The Hall–Kier alpha value is -3.46. The lowest BCUT2D eigenvalue weighted by atomic mass is 10.0. The maximum Gasteiger partial charge on any atom is 0.227 e. The zero-order chi connectivity index (χ0) is 18.4. The van der Waals surface area contributed by atoms with Crippen LogP contribution >= 0.6 is 0 Å². The second-order valence-corrected chi connectivity index (χ2v) is 6.84. The number of furan rings is 1. The van der Waals surface area contributed by atoms with E-state index in [4.69, 9.17) is 9.40 Å². The van der Waals surface area contributed by atoms with Gasteiger partial charge in [-0.2, -0.15) is 0 Å². The molecule has 0 spiro atoms. The molecule has 0 amide bonds. The van der Waals surface area contributed by atoms with Crippen LogP contribution in [0.5, 0.6) is 0 Å². The van der Waals surface area contributed by atoms with Crippen molar-refractivity contribution in [1.29, 1.82) is 0 Å². The molecule has 0 aliphatic rings. The summed E-state index contributed by atoms with van der Waals surface area (Å²) >= 11 is 0. The van der Waals surface area contributed by atoms with E-state index in [0.29, 0.717) is 5.71 Å². The lowest BCUT2D eigenvalue weighted by molar-refractivity contribution is 0.653. The SMILES string of the molecule is Cc1ccc2c(n1)oc1c(-c3ccc(-c4ccccc4C)cn3)cccc12. The van der Waals surface area contributed by atoms with E-state index in [9.17, 15) is 0 Å². The van der Waals surface area contributed by atoms with Gasteiger partial charge in [-0.05, 0) is 49.2 Å². The Balaban J connectivity index is 1.65. The van der Waals surface area contributed by atoms with Crippen LogP contribution in [0.1, 0.15) is 11.3 Å². The van der Waals surface area contributed by atoms with E-state index in [1.54, 1.807) is 0 Å². The monoisotopic (exact) mass is 350 g/mol. The van der Waals surface area contributed by atoms with Crippen LogP contribution in [0, 0.1) is 13.8 Å². The molecule has 0 saturated heterocycles. The zero-order valence-electron chi connectivity index (χ0n) is 15.2. The molecule has 0 radical (unpaired) electrons. The summed E-state index contributed by atoms with van der Waals surface area (Å²) in [5, 5.41) is 2.11. The molecule has 0 unspecified atom stereocenters. The highest BCUT2D eigenvalue weighted by atomic mass is 16.3. The maximum atomic E-state index is 6.10. The fraction of sp³-hybridized carbons (Fsp3) is 0.0833. The van der Waals surface area contributed by atoms with Crippen LogP contribution in [0.25, 0.3) is 44.5 Å². The number of para-hydroxylation sites is 1. The molecule has 0 N–H and O–H groups in total. The maximum absolute atomic E-state index is 6.10. The summed E-state index contributed by atoms with van der Waals surface area (Å²) < 4.78 is 6.10. The quantitative estimate of drug-likeness (QED) is 0.373. The Labute approximate surface area is 157 Å². The first kappa shape index (κ1) is 15.8. The van der Waals surface area contributed by atoms with Gasteiger partial charge in [-0.3, -0.25) is 4.98 Å². The minimum absolute atomic E-state index is 0.675. The molecule has 5 aromatic rings. The molecule has 0 aliphatic heterocycles. The molecule has 0 bridgehead atoms. The molecular weight excluding hydrogens is 332 g/mol.